The molecule has 2 aromatic carbocycles. The molecule has 0 saturated heterocycles. The topological polar surface area (TPSA) is 50.4 Å². The highest BCUT2D eigenvalue weighted by Gasteiger charge is 2.14. The van der Waals surface area contributed by atoms with Gasteiger partial charge in [0.05, 0.1) is 23.9 Å². The summed E-state index contributed by atoms with van der Waals surface area (Å²) < 4.78 is 1.78. The fourth-order valence-electron chi connectivity index (χ4n) is 2.31. The maximum Gasteiger partial charge on any atom is 0.103 e. The van der Waals surface area contributed by atoms with Crippen LogP contribution in [0.2, 0.25) is 10.0 Å². The van der Waals surface area contributed by atoms with Gasteiger partial charge in [0.15, 0.2) is 0 Å². The molecule has 122 valence electrons. The highest BCUT2D eigenvalue weighted by molar-refractivity contribution is 6.36. The lowest BCUT2D eigenvalue weighted by Crippen LogP contribution is -1.94. The van der Waals surface area contributed by atoms with E-state index in [1.54, 1.807) is 23.0 Å². The van der Waals surface area contributed by atoms with Gasteiger partial charge in [0.25, 0.3) is 0 Å². The first kappa shape index (κ1) is 16.7. The van der Waals surface area contributed by atoms with Crippen molar-refractivity contribution >= 4 is 29.4 Å². The minimum Gasteiger partial charge on any atom is -0.394 e. The Hall–Kier alpha value is -2.14. The molecular weight excluding hydrogens is 345 g/mol. The fraction of sp³-hybridized carbons (Fsp3) is 0.111. The molecule has 0 saturated carbocycles. The van der Waals surface area contributed by atoms with Gasteiger partial charge in [-0.3, -0.25) is 4.99 Å². The fourth-order valence-corrected chi connectivity index (χ4v) is 2.80. The lowest BCUT2D eigenvalue weighted by atomic mass is 10.1. The normalized spacial score (nSPS) is 11.3. The minimum atomic E-state index is 0.000354. The van der Waals surface area contributed by atoms with Crippen LogP contribution < -0.4 is 0 Å². The number of benzene rings is 2. The van der Waals surface area contributed by atoms with Crippen LogP contribution in [0.25, 0.3) is 16.9 Å². The zero-order chi connectivity index (χ0) is 16.9. The summed E-state index contributed by atoms with van der Waals surface area (Å²) in [6, 6.07) is 15.1. The van der Waals surface area contributed by atoms with E-state index in [0.29, 0.717) is 22.3 Å². The summed E-state index contributed by atoms with van der Waals surface area (Å²) in [5.41, 5.74) is 3.24. The first-order chi connectivity index (χ1) is 11.7. The molecule has 0 fully saturated rings. The first-order valence-electron chi connectivity index (χ1n) is 7.40. The van der Waals surface area contributed by atoms with Crippen LogP contribution in [0.15, 0.2) is 59.7 Å². The minimum absolute atomic E-state index is 0.000354. The Morgan fingerprint density at radius 2 is 1.92 bits per heavy atom. The third-order valence-corrected chi connectivity index (χ3v) is 3.96. The van der Waals surface area contributed by atoms with Crippen molar-refractivity contribution in [1.29, 1.82) is 0 Å². The molecule has 0 radical (unpaired) electrons. The molecular formula is C18H15Cl2N3O. The van der Waals surface area contributed by atoms with Crippen molar-refractivity contribution in [3.05, 3.63) is 70.3 Å². The maximum atomic E-state index is 8.92. The van der Waals surface area contributed by atoms with E-state index in [9.17, 15) is 0 Å². The van der Waals surface area contributed by atoms with E-state index in [-0.39, 0.29) is 6.61 Å². The van der Waals surface area contributed by atoms with Gasteiger partial charge in [-0.05, 0) is 30.3 Å². The Morgan fingerprint density at radius 1 is 1.12 bits per heavy atom. The second-order valence-electron chi connectivity index (χ2n) is 5.10. The molecule has 1 aromatic heterocycles. The number of aliphatic hydroxyl groups is 1. The summed E-state index contributed by atoms with van der Waals surface area (Å²) in [4.78, 5) is 4.20. The monoisotopic (exact) mass is 359 g/mol. The number of hydrogen-bond donors (Lipinski definition) is 1. The van der Waals surface area contributed by atoms with E-state index in [1.165, 1.54) is 0 Å². The van der Waals surface area contributed by atoms with Gasteiger partial charge >= 0.3 is 0 Å². The van der Waals surface area contributed by atoms with Crippen LogP contribution in [0, 0.1) is 0 Å². The zero-order valence-corrected chi connectivity index (χ0v) is 14.2. The van der Waals surface area contributed by atoms with Gasteiger partial charge in [0.1, 0.15) is 5.69 Å². The molecule has 0 aliphatic heterocycles. The Morgan fingerprint density at radius 3 is 2.62 bits per heavy atom. The van der Waals surface area contributed by atoms with E-state index >= 15 is 0 Å². The van der Waals surface area contributed by atoms with Crippen molar-refractivity contribution in [2.75, 3.05) is 13.2 Å². The number of aliphatic hydroxyl groups excluding tert-OH is 1. The number of aliphatic imine (C=N–C) groups is 1. The highest BCUT2D eigenvalue weighted by Crippen LogP contribution is 2.31. The lowest BCUT2D eigenvalue weighted by Gasteiger charge is -2.03. The highest BCUT2D eigenvalue weighted by atomic mass is 35.5. The quantitative estimate of drug-likeness (QED) is 0.692. The molecule has 6 heteroatoms. The lowest BCUT2D eigenvalue weighted by molar-refractivity contribution is 0.307. The van der Waals surface area contributed by atoms with E-state index in [1.807, 2.05) is 42.6 Å². The number of rotatable bonds is 5. The van der Waals surface area contributed by atoms with Crippen molar-refractivity contribution in [1.82, 2.24) is 9.78 Å². The van der Waals surface area contributed by atoms with Crippen molar-refractivity contribution in [3.63, 3.8) is 0 Å². The Labute approximate surface area is 150 Å². The largest absolute Gasteiger partial charge is 0.394 e. The Bertz CT molecular complexity index is 860. The molecule has 4 nitrogen and oxygen atoms in total. The number of para-hydroxylation sites is 1. The van der Waals surface area contributed by atoms with Gasteiger partial charge in [-0.15, -0.1) is 0 Å². The van der Waals surface area contributed by atoms with Crippen molar-refractivity contribution < 1.29 is 5.11 Å². The van der Waals surface area contributed by atoms with Gasteiger partial charge in [0, 0.05) is 28.6 Å². The summed E-state index contributed by atoms with van der Waals surface area (Å²) in [5, 5.41) is 14.7. The molecule has 0 spiro atoms. The van der Waals surface area contributed by atoms with Gasteiger partial charge in [-0.25, -0.2) is 4.68 Å². The molecule has 0 amide bonds. The number of aromatic nitrogens is 2. The molecule has 1 heterocycles. The predicted molar refractivity (Wildman–Crippen MR) is 98.6 cm³/mol. The molecule has 3 rings (SSSR count). The van der Waals surface area contributed by atoms with Gasteiger partial charge in [0.2, 0.25) is 0 Å². The van der Waals surface area contributed by atoms with Crippen molar-refractivity contribution in [2.45, 2.75) is 0 Å². The number of halogens is 2. The van der Waals surface area contributed by atoms with Gasteiger partial charge in [-0.2, -0.15) is 5.10 Å². The average molecular weight is 360 g/mol. The molecule has 0 unspecified atom stereocenters. The molecule has 0 aliphatic rings. The molecule has 1 N–H and O–H groups in total. The average Bonchev–Trinajstić information content (AvgIpc) is 3.00. The first-order valence-corrected chi connectivity index (χ1v) is 8.16. The van der Waals surface area contributed by atoms with Crippen LogP contribution in [0.3, 0.4) is 0 Å². The predicted octanol–water partition coefficient (Wildman–Crippen LogP) is 4.26. The van der Waals surface area contributed by atoms with Gasteiger partial charge in [-0.1, -0.05) is 41.4 Å². The van der Waals surface area contributed by atoms with E-state index < -0.39 is 0 Å². The molecule has 0 bridgehead atoms. The molecule has 0 aliphatic carbocycles. The van der Waals surface area contributed by atoms with Crippen LogP contribution >= 0.6 is 23.2 Å². The Balaban J connectivity index is 2.10. The summed E-state index contributed by atoms with van der Waals surface area (Å²) in [6.07, 6.45) is 3.58. The second-order valence-corrected chi connectivity index (χ2v) is 5.94. The van der Waals surface area contributed by atoms with E-state index in [4.69, 9.17) is 28.3 Å². The molecule has 0 atom stereocenters. The van der Waals surface area contributed by atoms with Crippen LogP contribution in [-0.2, 0) is 0 Å². The molecule has 24 heavy (non-hydrogen) atoms. The molecule has 3 aromatic rings. The van der Waals surface area contributed by atoms with Crippen molar-refractivity contribution in [3.8, 4) is 16.9 Å². The third kappa shape index (κ3) is 3.67. The SMILES string of the molecule is OCCN=Cc1cn(-c2ccccc2)nc1-c1ccc(Cl)cc1Cl. The summed E-state index contributed by atoms with van der Waals surface area (Å²) in [7, 11) is 0. The zero-order valence-electron chi connectivity index (χ0n) is 12.7. The summed E-state index contributed by atoms with van der Waals surface area (Å²) in [5.74, 6) is 0. The van der Waals surface area contributed by atoms with E-state index in [0.717, 1.165) is 16.8 Å². The standard InChI is InChI=1S/C18H15Cl2N3O/c19-14-6-7-16(17(20)10-14)18-13(11-21-8-9-24)12-23(22-18)15-4-2-1-3-5-15/h1-7,10-12,24H,8-9H2. The number of hydrogen-bond acceptors (Lipinski definition) is 3. The van der Waals surface area contributed by atoms with Crippen LogP contribution in [0.1, 0.15) is 5.56 Å². The van der Waals surface area contributed by atoms with Crippen LogP contribution in [-0.4, -0.2) is 34.3 Å². The second kappa shape index (κ2) is 7.62. The Kier molecular flexibility index (Phi) is 5.30. The van der Waals surface area contributed by atoms with Crippen LogP contribution in [0.4, 0.5) is 0 Å². The number of nitrogens with zero attached hydrogens (tertiary/aromatic N) is 3. The van der Waals surface area contributed by atoms with Crippen molar-refractivity contribution in [2.24, 2.45) is 4.99 Å². The van der Waals surface area contributed by atoms with Gasteiger partial charge < -0.3 is 5.11 Å². The van der Waals surface area contributed by atoms with E-state index in [2.05, 4.69) is 10.1 Å². The third-order valence-electron chi connectivity index (χ3n) is 3.41. The maximum absolute atomic E-state index is 8.92. The summed E-state index contributed by atoms with van der Waals surface area (Å²) >= 11 is 12.3. The van der Waals surface area contributed by atoms with Crippen LogP contribution in [0.5, 0.6) is 0 Å². The summed E-state index contributed by atoms with van der Waals surface area (Å²) in [6.45, 7) is 0.338. The smallest absolute Gasteiger partial charge is 0.103 e.